The van der Waals surface area contributed by atoms with Gasteiger partial charge >= 0.3 is 12.1 Å². The average Bonchev–Trinajstić information content (AvgIpc) is 3.52. The van der Waals surface area contributed by atoms with Crippen LogP contribution >= 0.6 is 0 Å². The molecule has 2 aromatic carbocycles. The summed E-state index contributed by atoms with van der Waals surface area (Å²) >= 11 is 0. The molecule has 0 bridgehead atoms. The second kappa shape index (κ2) is 8.79. The number of nitrogens with one attached hydrogen (secondary N) is 2. The van der Waals surface area contributed by atoms with E-state index in [9.17, 15) is 14.4 Å². The molecule has 0 saturated heterocycles. The Hall–Kier alpha value is -3.35. The molecule has 0 aliphatic heterocycles. The molecule has 7 nitrogen and oxygen atoms in total. The van der Waals surface area contributed by atoms with Crippen molar-refractivity contribution in [2.75, 3.05) is 6.61 Å². The lowest BCUT2D eigenvalue weighted by atomic mass is 9.98. The van der Waals surface area contributed by atoms with Gasteiger partial charge in [0.1, 0.15) is 18.7 Å². The quantitative estimate of drug-likeness (QED) is 0.606. The van der Waals surface area contributed by atoms with Crippen molar-refractivity contribution in [1.29, 1.82) is 0 Å². The lowest BCUT2D eigenvalue weighted by molar-refractivity contribution is -0.141. The van der Waals surface area contributed by atoms with Gasteiger partial charge in [-0.05, 0) is 41.5 Å². The van der Waals surface area contributed by atoms with Crippen LogP contribution in [0.1, 0.15) is 43.2 Å². The third-order valence-electron chi connectivity index (χ3n) is 5.95. The fourth-order valence-corrected chi connectivity index (χ4v) is 4.08. The van der Waals surface area contributed by atoms with Crippen molar-refractivity contribution in [3.05, 3.63) is 59.7 Å². The number of rotatable bonds is 8. The molecule has 1 fully saturated rings. The second-order valence-electron chi connectivity index (χ2n) is 8.27. The maximum atomic E-state index is 12.5. The first-order valence-electron chi connectivity index (χ1n) is 10.6. The number of aliphatic carboxylic acids is 1. The number of carboxylic acid groups (broad SMARTS) is 1. The normalized spacial score (nSPS) is 16.5. The number of benzene rings is 2. The van der Waals surface area contributed by atoms with Gasteiger partial charge in [0.2, 0.25) is 5.91 Å². The monoisotopic (exact) mass is 422 g/mol. The first-order chi connectivity index (χ1) is 14.9. The number of amides is 2. The molecule has 4 rings (SSSR count). The molecule has 31 heavy (non-hydrogen) atoms. The highest BCUT2D eigenvalue weighted by molar-refractivity contribution is 5.89. The van der Waals surface area contributed by atoms with Crippen molar-refractivity contribution in [1.82, 2.24) is 10.6 Å². The molecule has 162 valence electrons. The molecule has 0 spiro atoms. The number of carbonyl (C=O) groups excluding carboxylic acids is 2. The Morgan fingerprint density at radius 3 is 2.13 bits per heavy atom. The van der Waals surface area contributed by atoms with E-state index in [-0.39, 0.29) is 12.5 Å². The summed E-state index contributed by atoms with van der Waals surface area (Å²) < 4.78 is 5.53. The van der Waals surface area contributed by atoms with E-state index in [1.54, 1.807) is 0 Å². The zero-order valence-electron chi connectivity index (χ0n) is 17.3. The van der Waals surface area contributed by atoms with Gasteiger partial charge in [0.05, 0.1) is 0 Å². The SMILES string of the molecule is CC(NC(=O)C(CC1CC1)NC(=O)OCC1c2ccccc2-c2ccccc21)C(=O)O. The number of carbonyl (C=O) groups is 3. The molecule has 2 atom stereocenters. The molecular weight excluding hydrogens is 396 g/mol. The highest BCUT2D eigenvalue weighted by atomic mass is 16.5. The number of fused-ring (bicyclic) bond motifs is 3. The molecule has 3 N–H and O–H groups in total. The standard InChI is InChI=1S/C24H26N2O5/c1-14(23(28)29)25-22(27)21(12-15-10-11-15)26-24(30)31-13-20-18-8-4-2-6-16(18)17-7-3-5-9-19(17)20/h2-9,14-15,20-21H,10-13H2,1H3,(H,25,27)(H,26,30)(H,28,29). The van der Waals surface area contributed by atoms with Gasteiger partial charge in [0.15, 0.2) is 0 Å². The fourth-order valence-electron chi connectivity index (χ4n) is 4.08. The van der Waals surface area contributed by atoms with Crippen LogP contribution in [0, 0.1) is 5.92 Å². The van der Waals surface area contributed by atoms with E-state index < -0.39 is 30.1 Å². The molecule has 2 aliphatic rings. The Morgan fingerprint density at radius 2 is 1.58 bits per heavy atom. The second-order valence-corrected chi connectivity index (χ2v) is 8.27. The van der Waals surface area contributed by atoms with Gasteiger partial charge < -0.3 is 20.5 Å². The number of ether oxygens (including phenoxy) is 1. The van der Waals surface area contributed by atoms with Gasteiger partial charge in [0.25, 0.3) is 0 Å². The van der Waals surface area contributed by atoms with Crippen LogP contribution in [0.4, 0.5) is 4.79 Å². The van der Waals surface area contributed by atoms with Crippen molar-refractivity contribution < 1.29 is 24.2 Å². The van der Waals surface area contributed by atoms with Gasteiger partial charge in [-0.25, -0.2) is 4.79 Å². The topological polar surface area (TPSA) is 105 Å². The van der Waals surface area contributed by atoms with Gasteiger partial charge in [-0.3, -0.25) is 9.59 Å². The summed E-state index contributed by atoms with van der Waals surface area (Å²) in [4.78, 5) is 36.1. The van der Waals surface area contributed by atoms with Crippen LogP contribution in [0.5, 0.6) is 0 Å². The summed E-state index contributed by atoms with van der Waals surface area (Å²) in [5.41, 5.74) is 4.50. The van der Waals surface area contributed by atoms with E-state index in [2.05, 4.69) is 22.8 Å². The van der Waals surface area contributed by atoms with Gasteiger partial charge in [-0.15, -0.1) is 0 Å². The molecule has 1 saturated carbocycles. The summed E-state index contributed by atoms with van der Waals surface area (Å²) in [5, 5.41) is 14.1. The molecule has 7 heteroatoms. The summed E-state index contributed by atoms with van der Waals surface area (Å²) in [6, 6.07) is 14.3. The van der Waals surface area contributed by atoms with E-state index in [1.807, 2.05) is 36.4 Å². The van der Waals surface area contributed by atoms with Crippen molar-refractivity contribution >= 4 is 18.0 Å². The van der Waals surface area contributed by atoms with Crippen LogP contribution in [0.3, 0.4) is 0 Å². The lowest BCUT2D eigenvalue weighted by Gasteiger charge is -2.20. The molecule has 2 aromatic rings. The van der Waals surface area contributed by atoms with Crippen molar-refractivity contribution in [3.63, 3.8) is 0 Å². The summed E-state index contributed by atoms with van der Waals surface area (Å²) in [6.45, 7) is 1.55. The largest absolute Gasteiger partial charge is 0.480 e. The van der Waals surface area contributed by atoms with E-state index in [1.165, 1.54) is 6.92 Å². The Labute approximate surface area is 180 Å². The number of hydrogen-bond donors (Lipinski definition) is 3. The average molecular weight is 422 g/mol. The Balaban J connectivity index is 1.40. The van der Waals surface area contributed by atoms with E-state index in [0.717, 1.165) is 35.1 Å². The van der Waals surface area contributed by atoms with Crippen LogP contribution in [-0.4, -0.2) is 41.8 Å². The first kappa shape index (κ1) is 20.9. The van der Waals surface area contributed by atoms with E-state index >= 15 is 0 Å². The fraction of sp³-hybridized carbons (Fsp3) is 0.375. The minimum absolute atomic E-state index is 0.0686. The molecule has 2 unspecified atom stereocenters. The van der Waals surface area contributed by atoms with Crippen molar-refractivity contribution in [3.8, 4) is 11.1 Å². The van der Waals surface area contributed by atoms with Gasteiger partial charge in [-0.1, -0.05) is 61.4 Å². The van der Waals surface area contributed by atoms with Crippen LogP contribution in [-0.2, 0) is 14.3 Å². The molecule has 2 amide bonds. The minimum atomic E-state index is -1.13. The van der Waals surface area contributed by atoms with Gasteiger partial charge in [-0.2, -0.15) is 0 Å². The number of alkyl carbamates (subject to hydrolysis) is 1. The zero-order chi connectivity index (χ0) is 22.0. The Bertz CT molecular complexity index is 955. The summed E-state index contributed by atoms with van der Waals surface area (Å²) in [5.74, 6) is -1.33. The molecule has 0 aromatic heterocycles. The predicted octanol–water partition coefficient (Wildman–Crippen LogP) is 3.28. The third kappa shape index (κ3) is 4.71. The van der Waals surface area contributed by atoms with Crippen LogP contribution < -0.4 is 10.6 Å². The first-order valence-corrected chi connectivity index (χ1v) is 10.6. The number of hydrogen-bond acceptors (Lipinski definition) is 4. The minimum Gasteiger partial charge on any atom is -0.480 e. The van der Waals surface area contributed by atoms with Crippen molar-refractivity contribution in [2.24, 2.45) is 5.92 Å². The van der Waals surface area contributed by atoms with Gasteiger partial charge in [0, 0.05) is 5.92 Å². The van der Waals surface area contributed by atoms with Crippen molar-refractivity contribution in [2.45, 2.75) is 44.2 Å². The smallest absolute Gasteiger partial charge is 0.407 e. The van der Waals surface area contributed by atoms with Crippen LogP contribution in [0.2, 0.25) is 0 Å². The maximum absolute atomic E-state index is 12.5. The zero-order valence-corrected chi connectivity index (χ0v) is 17.3. The molecule has 2 aliphatic carbocycles. The van der Waals surface area contributed by atoms with E-state index in [0.29, 0.717) is 12.3 Å². The number of carboxylic acids is 1. The maximum Gasteiger partial charge on any atom is 0.407 e. The third-order valence-corrected chi connectivity index (χ3v) is 5.95. The summed E-state index contributed by atoms with van der Waals surface area (Å²) in [6.07, 6.45) is 1.81. The Kier molecular flexibility index (Phi) is 5.93. The van der Waals surface area contributed by atoms with E-state index in [4.69, 9.17) is 9.84 Å². The molecule has 0 heterocycles. The Morgan fingerprint density at radius 1 is 1.00 bits per heavy atom. The molecule has 0 radical (unpaired) electrons. The highest BCUT2D eigenvalue weighted by Crippen LogP contribution is 2.44. The molecular formula is C24H26N2O5. The summed E-state index contributed by atoms with van der Waals surface area (Å²) in [7, 11) is 0. The highest BCUT2D eigenvalue weighted by Gasteiger charge is 2.33. The predicted molar refractivity (Wildman–Crippen MR) is 115 cm³/mol. The lowest BCUT2D eigenvalue weighted by Crippen LogP contribution is -2.51. The van der Waals surface area contributed by atoms with Crippen LogP contribution in [0.15, 0.2) is 48.5 Å². The van der Waals surface area contributed by atoms with Crippen LogP contribution in [0.25, 0.3) is 11.1 Å².